The minimum atomic E-state index is -1.03. The van der Waals surface area contributed by atoms with Crippen LogP contribution in [0.1, 0.15) is 44.9 Å². The number of amides is 1. The number of ketones is 2. The lowest BCUT2D eigenvalue weighted by Gasteiger charge is -2.26. The molecule has 23 heavy (non-hydrogen) atoms. The predicted molar refractivity (Wildman–Crippen MR) is 84.4 cm³/mol. The van der Waals surface area contributed by atoms with E-state index in [1.807, 2.05) is 30.3 Å². The second-order valence-electron chi connectivity index (χ2n) is 6.86. The molecular weight excluding hydrogens is 292 g/mol. The third-order valence-electron chi connectivity index (χ3n) is 4.20. The van der Waals surface area contributed by atoms with Gasteiger partial charge >= 0.3 is 0 Å². The molecule has 1 aromatic rings. The summed E-state index contributed by atoms with van der Waals surface area (Å²) in [5.41, 5.74) is 1.79. The molecule has 0 radical (unpaired) electrons. The molecule has 0 saturated carbocycles. The van der Waals surface area contributed by atoms with Crippen LogP contribution in [0.5, 0.6) is 0 Å². The van der Waals surface area contributed by atoms with Gasteiger partial charge in [0.15, 0.2) is 0 Å². The number of nitriles is 1. The van der Waals surface area contributed by atoms with E-state index in [-0.39, 0.29) is 17.7 Å². The highest BCUT2D eigenvalue weighted by Crippen LogP contribution is 2.37. The van der Waals surface area contributed by atoms with Gasteiger partial charge in [0.1, 0.15) is 18.2 Å². The second-order valence-corrected chi connectivity index (χ2v) is 6.86. The summed E-state index contributed by atoms with van der Waals surface area (Å²) in [7, 11) is 0. The summed E-state index contributed by atoms with van der Waals surface area (Å²) in [4.78, 5) is 37.3. The molecule has 1 aliphatic heterocycles. The number of hydrogen-bond donors (Lipinski definition) is 0. The van der Waals surface area contributed by atoms with E-state index in [4.69, 9.17) is 5.26 Å². The van der Waals surface area contributed by atoms with Crippen LogP contribution in [0.15, 0.2) is 24.3 Å². The number of benzene rings is 1. The average Bonchev–Trinajstić information content (AvgIpc) is 2.72. The fraction of sp³-hybridized carbons (Fsp3) is 0.444. The number of nitrogens with zero attached hydrogens (tertiary/aromatic N) is 2. The van der Waals surface area contributed by atoms with Gasteiger partial charge < -0.3 is 4.90 Å². The molecule has 2 rings (SSSR count). The highest BCUT2D eigenvalue weighted by atomic mass is 16.2. The first-order chi connectivity index (χ1) is 10.7. The molecule has 5 nitrogen and oxygen atoms in total. The maximum Gasteiger partial charge on any atom is 0.292 e. The molecule has 1 aliphatic rings. The van der Waals surface area contributed by atoms with Crippen molar-refractivity contribution in [3.63, 3.8) is 0 Å². The maximum atomic E-state index is 12.1. The Morgan fingerprint density at radius 2 is 1.78 bits per heavy atom. The maximum absolute atomic E-state index is 12.1. The van der Waals surface area contributed by atoms with Crippen molar-refractivity contribution in [3.05, 3.63) is 35.4 Å². The van der Waals surface area contributed by atoms with E-state index < -0.39 is 23.7 Å². The van der Waals surface area contributed by atoms with Gasteiger partial charge in [0.2, 0.25) is 5.78 Å². The number of carbonyl (C=O) groups excluding carboxylic acids is 3. The SMILES string of the molecule is CC(=O)C1C(=O)C(=O)N(CC#N)C1c1ccc(C(C)(C)C)cc1. The Balaban J connectivity index is 2.48. The third-order valence-corrected chi connectivity index (χ3v) is 4.20. The third kappa shape index (κ3) is 3.02. The lowest BCUT2D eigenvalue weighted by Crippen LogP contribution is -2.30. The monoisotopic (exact) mass is 312 g/mol. The molecule has 0 N–H and O–H groups in total. The molecule has 1 fully saturated rings. The molecule has 0 aliphatic carbocycles. The Morgan fingerprint density at radius 1 is 1.22 bits per heavy atom. The van der Waals surface area contributed by atoms with Crippen molar-refractivity contribution in [1.82, 2.24) is 4.90 Å². The molecule has 2 unspecified atom stereocenters. The molecule has 5 heteroatoms. The molecule has 0 bridgehead atoms. The second kappa shape index (κ2) is 5.96. The van der Waals surface area contributed by atoms with Crippen molar-refractivity contribution in [1.29, 1.82) is 5.26 Å². The highest BCUT2D eigenvalue weighted by molar-refractivity contribution is 6.42. The van der Waals surface area contributed by atoms with Crippen LogP contribution in [-0.2, 0) is 19.8 Å². The van der Waals surface area contributed by atoms with Crippen molar-refractivity contribution < 1.29 is 14.4 Å². The minimum absolute atomic E-state index is 0.0217. The van der Waals surface area contributed by atoms with E-state index in [1.165, 1.54) is 11.8 Å². The predicted octanol–water partition coefficient (Wildman–Crippen LogP) is 2.17. The Kier molecular flexibility index (Phi) is 4.37. The Hall–Kier alpha value is -2.48. The number of rotatable bonds is 3. The average molecular weight is 312 g/mol. The van der Waals surface area contributed by atoms with Gasteiger partial charge in [-0.3, -0.25) is 14.4 Å². The summed E-state index contributed by atoms with van der Waals surface area (Å²) in [5.74, 6) is -2.86. The first kappa shape index (κ1) is 16.9. The molecule has 0 aromatic heterocycles. The molecule has 1 saturated heterocycles. The van der Waals surface area contributed by atoms with Gasteiger partial charge in [-0.15, -0.1) is 0 Å². The van der Waals surface area contributed by atoms with Crippen molar-refractivity contribution in [2.24, 2.45) is 5.92 Å². The lowest BCUT2D eigenvalue weighted by molar-refractivity contribution is -0.141. The molecule has 120 valence electrons. The van der Waals surface area contributed by atoms with Crippen molar-refractivity contribution >= 4 is 17.5 Å². The van der Waals surface area contributed by atoms with E-state index in [0.717, 1.165) is 5.56 Å². The van der Waals surface area contributed by atoms with Gasteiger partial charge in [-0.1, -0.05) is 45.0 Å². The van der Waals surface area contributed by atoms with Gasteiger partial charge in [-0.05, 0) is 23.5 Å². The van der Waals surface area contributed by atoms with Crippen LogP contribution in [-0.4, -0.2) is 28.9 Å². The van der Waals surface area contributed by atoms with Crippen LogP contribution in [0.25, 0.3) is 0 Å². The van der Waals surface area contributed by atoms with Crippen LogP contribution in [0, 0.1) is 17.2 Å². The molecule has 1 amide bonds. The van der Waals surface area contributed by atoms with Gasteiger partial charge in [0.25, 0.3) is 5.91 Å². The number of likely N-dealkylation sites (tertiary alicyclic amines) is 1. The quantitative estimate of drug-likeness (QED) is 0.487. The van der Waals surface area contributed by atoms with Crippen molar-refractivity contribution in [3.8, 4) is 6.07 Å². The van der Waals surface area contributed by atoms with E-state index >= 15 is 0 Å². The van der Waals surface area contributed by atoms with Gasteiger partial charge in [-0.25, -0.2) is 0 Å². The first-order valence-corrected chi connectivity index (χ1v) is 7.51. The van der Waals surface area contributed by atoms with Crippen molar-refractivity contribution in [2.45, 2.75) is 39.2 Å². The summed E-state index contributed by atoms with van der Waals surface area (Å²) in [6.45, 7) is 7.36. The lowest BCUT2D eigenvalue weighted by atomic mass is 9.84. The summed E-state index contributed by atoms with van der Waals surface area (Å²) in [6, 6.07) is 8.74. The van der Waals surface area contributed by atoms with E-state index in [0.29, 0.717) is 5.56 Å². The number of hydrogen-bond acceptors (Lipinski definition) is 4. The van der Waals surface area contributed by atoms with Crippen LogP contribution < -0.4 is 0 Å². The molecule has 1 heterocycles. The van der Waals surface area contributed by atoms with Crippen LogP contribution in [0.3, 0.4) is 0 Å². The first-order valence-electron chi connectivity index (χ1n) is 7.51. The van der Waals surface area contributed by atoms with Gasteiger partial charge in [0.05, 0.1) is 12.1 Å². The van der Waals surface area contributed by atoms with E-state index in [2.05, 4.69) is 20.8 Å². The zero-order valence-electron chi connectivity index (χ0n) is 13.8. The van der Waals surface area contributed by atoms with Crippen LogP contribution >= 0.6 is 0 Å². The smallest absolute Gasteiger partial charge is 0.292 e. The standard InChI is InChI=1S/C18H20N2O3/c1-11(21)14-15(20(10-9-19)17(23)16(14)22)12-5-7-13(8-6-12)18(2,3)4/h5-8,14-15H,10H2,1-4H3. The van der Waals surface area contributed by atoms with Crippen molar-refractivity contribution in [2.75, 3.05) is 6.54 Å². The molecule has 0 spiro atoms. The topological polar surface area (TPSA) is 78.2 Å². The fourth-order valence-corrected chi connectivity index (χ4v) is 2.93. The fourth-order valence-electron chi connectivity index (χ4n) is 2.93. The summed E-state index contributed by atoms with van der Waals surface area (Å²) < 4.78 is 0. The van der Waals surface area contributed by atoms with E-state index in [1.54, 1.807) is 0 Å². The molecule has 2 atom stereocenters. The van der Waals surface area contributed by atoms with Gasteiger partial charge in [0, 0.05) is 0 Å². The zero-order chi connectivity index (χ0) is 17.4. The molecular formula is C18H20N2O3. The largest absolute Gasteiger partial charge is 0.315 e. The molecule has 1 aromatic carbocycles. The Morgan fingerprint density at radius 3 is 2.22 bits per heavy atom. The summed E-state index contributed by atoms with van der Waals surface area (Å²) in [5, 5.41) is 8.93. The summed E-state index contributed by atoms with van der Waals surface area (Å²) >= 11 is 0. The Bertz CT molecular complexity index is 692. The minimum Gasteiger partial charge on any atom is -0.315 e. The normalized spacial score (nSPS) is 21.4. The summed E-state index contributed by atoms with van der Waals surface area (Å²) in [6.07, 6.45) is 0. The zero-order valence-corrected chi connectivity index (χ0v) is 13.8. The number of Topliss-reactive ketones (excluding diaryl/α,β-unsaturated/α-hetero) is 2. The highest BCUT2D eigenvalue weighted by Gasteiger charge is 2.50. The van der Waals surface area contributed by atoms with Crippen LogP contribution in [0.4, 0.5) is 0 Å². The number of carbonyl (C=O) groups is 3. The van der Waals surface area contributed by atoms with Gasteiger partial charge in [-0.2, -0.15) is 5.26 Å². The van der Waals surface area contributed by atoms with E-state index in [9.17, 15) is 14.4 Å². The van der Waals surface area contributed by atoms with Crippen LogP contribution in [0.2, 0.25) is 0 Å². The Labute approximate surface area is 135 Å².